The molecule has 0 amide bonds. The molecule has 5 heteroatoms. The van der Waals surface area contributed by atoms with E-state index in [9.17, 15) is 8.78 Å². The number of aromatic nitrogens is 2. The number of halogens is 2. The number of rotatable bonds is 1. The minimum Gasteiger partial charge on any atom is -0.322 e. The van der Waals surface area contributed by atoms with Crippen LogP contribution in [0.3, 0.4) is 0 Å². The predicted molar refractivity (Wildman–Crippen MR) is 43.6 cm³/mol. The van der Waals surface area contributed by atoms with Crippen LogP contribution in [0.2, 0.25) is 0 Å². The van der Waals surface area contributed by atoms with Crippen molar-refractivity contribution in [3.8, 4) is 0 Å². The molecule has 1 aromatic rings. The largest absolute Gasteiger partial charge is 0.322 e. The zero-order valence-electron chi connectivity index (χ0n) is 7.30. The second-order valence-electron chi connectivity index (χ2n) is 3.26. The van der Waals surface area contributed by atoms with Crippen molar-refractivity contribution in [1.82, 2.24) is 14.9 Å². The lowest BCUT2D eigenvalue weighted by Gasteiger charge is -2.24. The van der Waals surface area contributed by atoms with Crippen LogP contribution in [0.4, 0.5) is 8.78 Å². The van der Waals surface area contributed by atoms with E-state index in [1.807, 2.05) is 6.92 Å². The Morgan fingerprint density at radius 2 is 2.46 bits per heavy atom. The summed E-state index contributed by atoms with van der Waals surface area (Å²) in [6.45, 7) is 3.26. The molecule has 1 atom stereocenters. The number of hydrogen-bond donors (Lipinski definition) is 1. The second kappa shape index (κ2) is 3.06. The van der Waals surface area contributed by atoms with Gasteiger partial charge in [0.1, 0.15) is 0 Å². The maximum atomic E-state index is 12.5. The van der Waals surface area contributed by atoms with Gasteiger partial charge in [0.15, 0.2) is 5.82 Å². The lowest BCUT2D eigenvalue weighted by Crippen LogP contribution is -2.32. The van der Waals surface area contributed by atoms with Gasteiger partial charge >= 0.3 is 0 Å². The molecule has 0 spiro atoms. The minimum atomic E-state index is -2.48. The Morgan fingerprint density at radius 1 is 1.69 bits per heavy atom. The third-order valence-corrected chi connectivity index (χ3v) is 2.28. The zero-order chi connectivity index (χ0) is 9.42. The van der Waals surface area contributed by atoms with E-state index in [1.165, 1.54) is 6.20 Å². The fourth-order valence-corrected chi connectivity index (χ4v) is 1.71. The van der Waals surface area contributed by atoms with Crippen LogP contribution < -0.4 is 5.32 Å². The molecule has 1 unspecified atom stereocenters. The van der Waals surface area contributed by atoms with Gasteiger partial charge < -0.3 is 9.88 Å². The summed E-state index contributed by atoms with van der Waals surface area (Å²) in [6.07, 6.45) is -0.959. The highest BCUT2D eigenvalue weighted by Crippen LogP contribution is 2.24. The van der Waals surface area contributed by atoms with Crippen LogP contribution in [0.5, 0.6) is 0 Å². The van der Waals surface area contributed by atoms with Gasteiger partial charge in [0.25, 0.3) is 6.43 Å². The molecular formula is C8H11F2N3. The predicted octanol–water partition coefficient (Wildman–Crippen LogP) is 1.48. The quantitative estimate of drug-likeness (QED) is 0.721. The Kier molecular flexibility index (Phi) is 2.03. The van der Waals surface area contributed by atoms with Crippen LogP contribution in [0.25, 0.3) is 0 Å². The Bertz CT molecular complexity index is 308. The van der Waals surface area contributed by atoms with Gasteiger partial charge in [0.05, 0.1) is 11.9 Å². The lowest BCUT2D eigenvalue weighted by molar-refractivity contribution is 0.131. The van der Waals surface area contributed by atoms with E-state index in [0.717, 1.165) is 12.2 Å². The summed E-state index contributed by atoms with van der Waals surface area (Å²) >= 11 is 0. The SMILES string of the molecule is CC1CNCc2cnc(C(F)F)n21. The molecule has 0 aromatic carbocycles. The van der Waals surface area contributed by atoms with Gasteiger partial charge in [-0.2, -0.15) is 0 Å². The molecule has 0 bridgehead atoms. The summed E-state index contributed by atoms with van der Waals surface area (Å²) in [5, 5.41) is 3.14. The fraction of sp³-hybridized carbons (Fsp3) is 0.625. The summed E-state index contributed by atoms with van der Waals surface area (Å²) in [5.74, 6) is -0.107. The van der Waals surface area contributed by atoms with Crippen molar-refractivity contribution in [2.24, 2.45) is 0 Å². The third-order valence-electron chi connectivity index (χ3n) is 2.28. The molecule has 13 heavy (non-hydrogen) atoms. The van der Waals surface area contributed by atoms with Gasteiger partial charge in [-0.3, -0.25) is 0 Å². The molecule has 2 rings (SSSR count). The van der Waals surface area contributed by atoms with Gasteiger partial charge in [-0.05, 0) is 6.92 Å². The van der Waals surface area contributed by atoms with Gasteiger partial charge in [0.2, 0.25) is 0 Å². The Labute approximate surface area is 74.8 Å². The average molecular weight is 187 g/mol. The summed E-state index contributed by atoms with van der Waals surface area (Å²) in [4.78, 5) is 3.72. The standard InChI is InChI=1S/C8H11F2N3/c1-5-2-11-3-6-4-12-8(7(9)10)13(5)6/h4-5,7,11H,2-3H2,1H3. The zero-order valence-corrected chi connectivity index (χ0v) is 7.30. The molecule has 1 aromatic heterocycles. The van der Waals surface area contributed by atoms with Crippen molar-refractivity contribution in [2.45, 2.75) is 25.9 Å². The highest BCUT2D eigenvalue weighted by Gasteiger charge is 2.23. The fourth-order valence-electron chi connectivity index (χ4n) is 1.71. The molecule has 0 radical (unpaired) electrons. The Balaban J connectivity index is 2.44. The first-order chi connectivity index (χ1) is 6.20. The molecule has 0 saturated carbocycles. The van der Waals surface area contributed by atoms with E-state index in [1.54, 1.807) is 4.57 Å². The van der Waals surface area contributed by atoms with Crippen LogP contribution >= 0.6 is 0 Å². The number of nitrogens with zero attached hydrogens (tertiary/aromatic N) is 2. The summed E-state index contributed by atoms with van der Waals surface area (Å²) < 4.78 is 26.5. The van der Waals surface area contributed by atoms with Gasteiger partial charge in [-0.25, -0.2) is 13.8 Å². The third kappa shape index (κ3) is 1.33. The molecular weight excluding hydrogens is 176 g/mol. The normalized spacial score (nSPS) is 22.0. The van der Waals surface area contributed by atoms with E-state index in [4.69, 9.17) is 0 Å². The van der Waals surface area contributed by atoms with E-state index >= 15 is 0 Å². The second-order valence-corrected chi connectivity index (χ2v) is 3.26. The van der Waals surface area contributed by atoms with E-state index in [-0.39, 0.29) is 11.9 Å². The van der Waals surface area contributed by atoms with E-state index < -0.39 is 6.43 Å². The maximum absolute atomic E-state index is 12.5. The summed E-state index contributed by atoms with van der Waals surface area (Å²) in [6, 6.07) is 0.0650. The van der Waals surface area contributed by atoms with E-state index in [0.29, 0.717) is 6.54 Å². The molecule has 3 nitrogen and oxygen atoms in total. The van der Waals surface area contributed by atoms with Crippen molar-refractivity contribution in [1.29, 1.82) is 0 Å². The lowest BCUT2D eigenvalue weighted by atomic mass is 10.2. The molecule has 0 saturated heterocycles. The number of fused-ring (bicyclic) bond motifs is 1. The Morgan fingerprint density at radius 3 is 3.15 bits per heavy atom. The van der Waals surface area contributed by atoms with E-state index in [2.05, 4.69) is 10.3 Å². The molecule has 72 valence electrons. The first kappa shape index (κ1) is 8.62. The van der Waals surface area contributed by atoms with Crippen molar-refractivity contribution in [2.75, 3.05) is 6.54 Å². The van der Waals surface area contributed by atoms with Crippen LogP contribution in [0.1, 0.15) is 30.9 Å². The van der Waals surface area contributed by atoms with Gasteiger partial charge in [0, 0.05) is 19.1 Å². The molecule has 0 fully saturated rings. The monoisotopic (exact) mass is 187 g/mol. The molecule has 1 aliphatic rings. The first-order valence-electron chi connectivity index (χ1n) is 4.25. The number of nitrogens with one attached hydrogen (secondary N) is 1. The topological polar surface area (TPSA) is 29.9 Å². The summed E-state index contributed by atoms with van der Waals surface area (Å²) in [5.41, 5.74) is 0.842. The highest BCUT2D eigenvalue weighted by molar-refractivity contribution is 5.10. The Hall–Kier alpha value is -0.970. The van der Waals surface area contributed by atoms with Crippen LogP contribution in [-0.4, -0.2) is 16.1 Å². The maximum Gasteiger partial charge on any atom is 0.295 e. The average Bonchev–Trinajstić information content (AvgIpc) is 2.49. The van der Waals surface area contributed by atoms with Gasteiger partial charge in [-0.1, -0.05) is 0 Å². The molecule has 0 aliphatic carbocycles. The van der Waals surface area contributed by atoms with Crippen LogP contribution in [-0.2, 0) is 6.54 Å². The number of hydrogen-bond acceptors (Lipinski definition) is 2. The van der Waals surface area contributed by atoms with Crippen molar-refractivity contribution >= 4 is 0 Å². The summed E-state index contributed by atoms with van der Waals surface area (Å²) in [7, 11) is 0. The van der Waals surface area contributed by atoms with Crippen molar-refractivity contribution < 1.29 is 8.78 Å². The number of alkyl halides is 2. The molecule has 1 aliphatic heterocycles. The van der Waals surface area contributed by atoms with Crippen molar-refractivity contribution in [3.63, 3.8) is 0 Å². The number of imidazole rings is 1. The van der Waals surface area contributed by atoms with Crippen molar-refractivity contribution in [3.05, 3.63) is 17.7 Å². The highest BCUT2D eigenvalue weighted by atomic mass is 19.3. The van der Waals surface area contributed by atoms with Gasteiger partial charge in [-0.15, -0.1) is 0 Å². The molecule has 1 N–H and O–H groups in total. The smallest absolute Gasteiger partial charge is 0.295 e. The van der Waals surface area contributed by atoms with Crippen LogP contribution in [0, 0.1) is 0 Å². The molecule has 2 heterocycles. The first-order valence-corrected chi connectivity index (χ1v) is 4.25. The minimum absolute atomic E-state index is 0.0650. The van der Waals surface area contributed by atoms with Crippen LogP contribution in [0.15, 0.2) is 6.20 Å².